The number of hydrogen-bond donors (Lipinski definition) is 2. The van der Waals surface area contributed by atoms with Gasteiger partial charge in [0.2, 0.25) is 0 Å². The number of nitrogen functional groups attached to an aromatic ring is 1. The molecule has 1 aliphatic heterocycles. The SMILES string of the molecule is Cl.Cn1c(=O)[nH]cc(C(=O)N2CCCc3c(N)cccc32)c1=O. The van der Waals surface area contributed by atoms with Crippen LogP contribution in [0.3, 0.4) is 0 Å². The van der Waals surface area contributed by atoms with E-state index in [1.165, 1.54) is 13.2 Å². The summed E-state index contributed by atoms with van der Waals surface area (Å²) in [7, 11) is 1.33. The smallest absolute Gasteiger partial charge is 0.328 e. The minimum Gasteiger partial charge on any atom is -0.398 e. The average molecular weight is 337 g/mol. The summed E-state index contributed by atoms with van der Waals surface area (Å²) in [5.41, 5.74) is 7.04. The Morgan fingerprint density at radius 2 is 2.04 bits per heavy atom. The van der Waals surface area contributed by atoms with Crippen molar-refractivity contribution < 1.29 is 4.79 Å². The Bertz CT molecular complexity index is 872. The number of benzene rings is 1. The second-order valence-corrected chi connectivity index (χ2v) is 5.28. The Morgan fingerprint density at radius 3 is 2.78 bits per heavy atom. The maximum atomic E-state index is 12.7. The van der Waals surface area contributed by atoms with Crippen LogP contribution in [0.2, 0.25) is 0 Å². The number of rotatable bonds is 1. The number of carbonyl (C=O) groups is 1. The monoisotopic (exact) mass is 336 g/mol. The molecule has 23 heavy (non-hydrogen) atoms. The van der Waals surface area contributed by atoms with E-state index in [9.17, 15) is 14.4 Å². The third-order valence-corrected chi connectivity index (χ3v) is 3.94. The number of aromatic amines is 1. The third kappa shape index (κ3) is 2.75. The lowest BCUT2D eigenvalue weighted by atomic mass is 9.99. The molecular formula is C15H17ClN4O3. The van der Waals surface area contributed by atoms with E-state index in [-0.39, 0.29) is 18.0 Å². The molecule has 1 aromatic carbocycles. The minimum atomic E-state index is -0.607. The van der Waals surface area contributed by atoms with Gasteiger partial charge < -0.3 is 15.6 Å². The van der Waals surface area contributed by atoms with E-state index in [1.54, 1.807) is 17.0 Å². The van der Waals surface area contributed by atoms with E-state index in [4.69, 9.17) is 5.73 Å². The summed E-state index contributed by atoms with van der Waals surface area (Å²) in [6, 6.07) is 5.40. The number of amides is 1. The van der Waals surface area contributed by atoms with Gasteiger partial charge in [-0.25, -0.2) is 4.79 Å². The van der Waals surface area contributed by atoms with Gasteiger partial charge in [0.1, 0.15) is 5.56 Å². The molecular weight excluding hydrogens is 320 g/mol. The Balaban J connectivity index is 0.00000192. The van der Waals surface area contributed by atoms with Crippen LogP contribution in [0.5, 0.6) is 0 Å². The molecule has 2 aromatic rings. The van der Waals surface area contributed by atoms with Crippen molar-refractivity contribution in [2.24, 2.45) is 7.05 Å². The van der Waals surface area contributed by atoms with Crippen molar-refractivity contribution >= 4 is 29.7 Å². The molecule has 0 fully saturated rings. The van der Waals surface area contributed by atoms with Gasteiger partial charge in [-0.15, -0.1) is 12.4 Å². The molecule has 3 N–H and O–H groups in total. The van der Waals surface area contributed by atoms with Crippen LogP contribution in [0.15, 0.2) is 34.0 Å². The molecule has 3 rings (SSSR count). The van der Waals surface area contributed by atoms with Crippen LogP contribution in [0.4, 0.5) is 11.4 Å². The highest BCUT2D eigenvalue weighted by molar-refractivity contribution is 6.06. The number of fused-ring (bicyclic) bond motifs is 1. The Kier molecular flexibility index (Phi) is 4.60. The fourth-order valence-corrected chi connectivity index (χ4v) is 2.73. The molecule has 0 unspecified atom stereocenters. The Labute approximate surface area is 138 Å². The molecule has 0 radical (unpaired) electrons. The zero-order valence-electron chi connectivity index (χ0n) is 12.5. The zero-order valence-corrected chi connectivity index (χ0v) is 13.4. The molecule has 0 aliphatic carbocycles. The first kappa shape index (κ1) is 16.8. The van der Waals surface area contributed by atoms with Gasteiger partial charge in [-0.05, 0) is 30.5 Å². The van der Waals surface area contributed by atoms with Gasteiger partial charge >= 0.3 is 5.69 Å². The molecule has 1 aromatic heterocycles. The van der Waals surface area contributed by atoms with E-state index in [0.717, 1.165) is 28.7 Å². The first-order valence-corrected chi connectivity index (χ1v) is 6.98. The number of nitrogens with two attached hydrogens (primary N) is 1. The van der Waals surface area contributed by atoms with Crippen molar-refractivity contribution in [3.63, 3.8) is 0 Å². The summed E-state index contributed by atoms with van der Waals surface area (Å²) in [5, 5.41) is 0. The molecule has 7 nitrogen and oxygen atoms in total. The summed E-state index contributed by atoms with van der Waals surface area (Å²) >= 11 is 0. The molecule has 122 valence electrons. The highest BCUT2D eigenvalue weighted by atomic mass is 35.5. The fourth-order valence-electron chi connectivity index (χ4n) is 2.73. The lowest BCUT2D eigenvalue weighted by Gasteiger charge is -2.30. The highest BCUT2D eigenvalue weighted by Gasteiger charge is 2.26. The number of H-pyrrole nitrogens is 1. The number of aromatic nitrogens is 2. The number of carbonyl (C=O) groups excluding carboxylic acids is 1. The van der Waals surface area contributed by atoms with E-state index in [1.807, 2.05) is 6.07 Å². The lowest BCUT2D eigenvalue weighted by molar-refractivity contribution is 0.0982. The molecule has 0 bridgehead atoms. The van der Waals surface area contributed by atoms with Crippen molar-refractivity contribution in [1.29, 1.82) is 0 Å². The van der Waals surface area contributed by atoms with Gasteiger partial charge in [-0.1, -0.05) is 6.07 Å². The van der Waals surface area contributed by atoms with E-state index in [2.05, 4.69) is 4.98 Å². The van der Waals surface area contributed by atoms with Gasteiger partial charge in [0.15, 0.2) is 0 Å². The quantitative estimate of drug-likeness (QED) is 0.747. The predicted octanol–water partition coefficient (Wildman–Crippen LogP) is 0.671. The second-order valence-electron chi connectivity index (χ2n) is 5.28. The first-order valence-electron chi connectivity index (χ1n) is 6.98. The van der Waals surface area contributed by atoms with Gasteiger partial charge in [0.25, 0.3) is 11.5 Å². The van der Waals surface area contributed by atoms with E-state index in [0.29, 0.717) is 12.2 Å². The van der Waals surface area contributed by atoms with Gasteiger partial charge in [0, 0.05) is 31.2 Å². The van der Waals surface area contributed by atoms with Gasteiger partial charge in [-0.3, -0.25) is 14.2 Å². The molecule has 0 saturated heterocycles. The molecule has 8 heteroatoms. The predicted molar refractivity (Wildman–Crippen MR) is 90.4 cm³/mol. The third-order valence-electron chi connectivity index (χ3n) is 3.94. The highest BCUT2D eigenvalue weighted by Crippen LogP contribution is 2.31. The number of nitrogens with zero attached hydrogens (tertiary/aromatic N) is 2. The first-order chi connectivity index (χ1) is 10.5. The van der Waals surface area contributed by atoms with Crippen LogP contribution in [0.1, 0.15) is 22.3 Å². The summed E-state index contributed by atoms with van der Waals surface area (Å²) in [6.07, 6.45) is 2.75. The van der Waals surface area contributed by atoms with Crippen LogP contribution in [0, 0.1) is 0 Å². The maximum absolute atomic E-state index is 12.7. The van der Waals surface area contributed by atoms with Gasteiger partial charge in [0.05, 0.1) is 0 Å². The van der Waals surface area contributed by atoms with Crippen molar-refractivity contribution in [1.82, 2.24) is 9.55 Å². The molecule has 1 aliphatic rings. The Morgan fingerprint density at radius 1 is 1.30 bits per heavy atom. The van der Waals surface area contributed by atoms with Crippen LogP contribution in [-0.2, 0) is 13.5 Å². The van der Waals surface area contributed by atoms with Crippen molar-refractivity contribution in [3.8, 4) is 0 Å². The summed E-state index contributed by atoms with van der Waals surface area (Å²) in [4.78, 5) is 40.2. The fraction of sp³-hybridized carbons (Fsp3) is 0.267. The van der Waals surface area contributed by atoms with Gasteiger partial charge in [-0.2, -0.15) is 0 Å². The van der Waals surface area contributed by atoms with Crippen LogP contribution < -0.4 is 21.9 Å². The van der Waals surface area contributed by atoms with Crippen molar-refractivity contribution in [2.75, 3.05) is 17.2 Å². The summed E-state index contributed by atoms with van der Waals surface area (Å²) < 4.78 is 0.886. The Hall–Kier alpha value is -2.54. The topological polar surface area (TPSA) is 101 Å². The van der Waals surface area contributed by atoms with Crippen LogP contribution in [0.25, 0.3) is 0 Å². The van der Waals surface area contributed by atoms with Crippen LogP contribution >= 0.6 is 12.4 Å². The average Bonchev–Trinajstić information content (AvgIpc) is 2.52. The largest absolute Gasteiger partial charge is 0.398 e. The second kappa shape index (κ2) is 6.29. The number of halogens is 1. The zero-order chi connectivity index (χ0) is 15.9. The molecule has 0 saturated carbocycles. The van der Waals surface area contributed by atoms with Crippen LogP contribution in [-0.4, -0.2) is 22.0 Å². The van der Waals surface area contributed by atoms with E-state index < -0.39 is 17.2 Å². The molecule has 0 spiro atoms. The van der Waals surface area contributed by atoms with Crippen molar-refractivity contribution in [2.45, 2.75) is 12.8 Å². The van der Waals surface area contributed by atoms with Crippen molar-refractivity contribution in [3.05, 3.63) is 56.4 Å². The van der Waals surface area contributed by atoms with E-state index >= 15 is 0 Å². The standard InChI is InChI=1S/C15H16N4O3.ClH/c1-18-13(20)10(8-17-15(18)22)14(21)19-7-3-4-9-11(16)5-2-6-12(9)19;/h2,5-6,8H,3-4,7,16H2,1H3,(H,17,22);1H. The molecule has 0 atom stereocenters. The molecule has 2 heterocycles. The normalized spacial score (nSPS) is 13.2. The lowest BCUT2D eigenvalue weighted by Crippen LogP contribution is -2.42. The number of anilines is 2. The minimum absolute atomic E-state index is 0. The number of hydrogen-bond acceptors (Lipinski definition) is 4. The molecule has 1 amide bonds. The summed E-state index contributed by atoms with van der Waals surface area (Å²) in [5.74, 6) is -0.427. The summed E-state index contributed by atoms with van der Waals surface area (Å²) in [6.45, 7) is 0.511. The maximum Gasteiger partial charge on any atom is 0.328 e. The number of nitrogens with one attached hydrogen (secondary N) is 1.